The van der Waals surface area contributed by atoms with Crippen LogP contribution in [0.1, 0.15) is 36.9 Å². The molecule has 0 saturated carbocycles. The van der Waals surface area contributed by atoms with Crippen LogP contribution < -0.4 is 5.32 Å². The highest BCUT2D eigenvalue weighted by Crippen LogP contribution is 2.27. The van der Waals surface area contributed by atoms with Crippen LogP contribution in [0, 0.1) is 13.8 Å². The van der Waals surface area contributed by atoms with Gasteiger partial charge in [-0.25, -0.2) is 15.0 Å². The van der Waals surface area contributed by atoms with E-state index in [0.717, 1.165) is 28.6 Å². The largest absolute Gasteiger partial charge is 0.367 e. The van der Waals surface area contributed by atoms with Gasteiger partial charge < -0.3 is 10.2 Å². The molecule has 4 heterocycles. The molecule has 0 spiro atoms. The average molecular weight is 358 g/mol. The van der Waals surface area contributed by atoms with Gasteiger partial charge in [-0.1, -0.05) is 0 Å². The molecule has 1 N–H and O–H groups in total. The van der Waals surface area contributed by atoms with Crippen molar-refractivity contribution in [2.75, 3.05) is 29.9 Å². The van der Waals surface area contributed by atoms with Crippen LogP contribution in [0.4, 0.5) is 5.82 Å². The third-order valence-electron chi connectivity index (χ3n) is 5.51. The smallest absolute Gasteiger partial charge is 0.165 e. The number of thioether (sulfide) groups is 1. The van der Waals surface area contributed by atoms with Crippen molar-refractivity contribution < 1.29 is 0 Å². The Balaban J connectivity index is 1.44. The number of pyridine rings is 1. The monoisotopic (exact) mass is 357 g/mol. The van der Waals surface area contributed by atoms with Crippen molar-refractivity contribution in [2.24, 2.45) is 0 Å². The normalized spacial score (nSPS) is 20.9. The predicted molar refractivity (Wildman–Crippen MR) is 105 cm³/mol. The Kier molecular flexibility index (Phi) is 5.08. The molecule has 134 valence electrons. The fourth-order valence-electron chi connectivity index (χ4n) is 4.17. The number of fused-ring (bicyclic) bond motifs is 1. The molecule has 0 amide bonds. The Morgan fingerprint density at radius 2 is 1.84 bits per heavy atom. The summed E-state index contributed by atoms with van der Waals surface area (Å²) >= 11 is 2.11. The van der Waals surface area contributed by atoms with E-state index >= 15 is 0 Å². The van der Waals surface area contributed by atoms with Gasteiger partial charge in [0, 0.05) is 30.9 Å². The van der Waals surface area contributed by atoms with E-state index in [9.17, 15) is 0 Å². The Bertz CT molecular complexity index is 736. The number of nitrogens with zero attached hydrogens (tertiary/aromatic N) is 4. The minimum atomic E-state index is 0.494. The Morgan fingerprint density at radius 3 is 2.60 bits per heavy atom. The molecule has 2 fully saturated rings. The zero-order valence-corrected chi connectivity index (χ0v) is 16.0. The van der Waals surface area contributed by atoms with Gasteiger partial charge in [-0.15, -0.1) is 0 Å². The molecule has 5 nitrogen and oxygen atoms in total. The molecular formula is C19H27N5S. The molecule has 0 bridgehead atoms. The molecule has 2 saturated heterocycles. The maximum Gasteiger partial charge on any atom is 0.165 e. The van der Waals surface area contributed by atoms with Crippen molar-refractivity contribution in [1.29, 1.82) is 0 Å². The van der Waals surface area contributed by atoms with Crippen LogP contribution in [0.5, 0.6) is 0 Å². The summed E-state index contributed by atoms with van der Waals surface area (Å²) < 4.78 is 0. The van der Waals surface area contributed by atoms with E-state index in [1.807, 2.05) is 6.92 Å². The van der Waals surface area contributed by atoms with Crippen LogP contribution in [0.3, 0.4) is 0 Å². The number of anilines is 1. The van der Waals surface area contributed by atoms with Crippen molar-refractivity contribution in [3.8, 4) is 0 Å². The second-order valence-electron chi connectivity index (χ2n) is 7.30. The van der Waals surface area contributed by atoms with Gasteiger partial charge in [-0.05, 0) is 62.7 Å². The third-order valence-corrected chi connectivity index (χ3v) is 6.56. The summed E-state index contributed by atoms with van der Waals surface area (Å²) in [4.78, 5) is 16.2. The molecule has 6 heteroatoms. The molecule has 2 aromatic heterocycles. The first kappa shape index (κ1) is 17.0. The summed E-state index contributed by atoms with van der Waals surface area (Å²) in [5.74, 6) is 3.62. The zero-order chi connectivity index (χ0) is 17.2. The standard InChI is InChI=1S/C19H27N5S/c1-13-11-14(2)22-18-17(13)19(21-12-20-18)23-15-3-7-24(8-4-15)16-5-9-25-10-6-16/h11-12,15-16H,3-10H2,1-2H3,(H,20,21,22,23). The van der Waals surface area contributed by atoms with Crippen molar-refractivity contribution >= 4 is 28.6 Å². The first-order valence-electron chi connectivity index (χ1n) is 9.38. The highest BCUT2D eigenvalue weighted by Gasteiger charge is 2.26. The second-order valence-corrected chi connectivity index (χ2v) is 8.52. The average Bonchev–Trinajstić information content (AvgIpc) is 2.63. The summed E-state index contributed by atoms with van der Waals surface area (Å²) in [6.45, 7) is 6.54. The summed E-state index contributed by atoms with van der Waals surface area (Å²) in [6.07, 6.45) is 6.74. The van der Waals surface area contributed by atoms with Gasteiger partial charge in [0.15, 0.2) is 5.65 Å². The number of piperidine rings is 1. The summed E-state index contributed by atoms with van der Waals surface area (Å²) in [7, 11) is 0. The number of nitrogens with one attached hydrogen (secondary N) is 1. The van der Waals surface area contributed by atoms with Gasteiger partial charge in [-0.3, -0.25) is 0 Å². The molecule has 0 radical (unpaired) electrons. The fraction of sp³-hybridized carbons (Fsp3) is 0.632. The lowest BCUT2D eigenvalue weighted by atomic mass is 10.0. The lowest BCUT2D eigenvalue weighted by molar-refractivity contribution is 0.148. The van der Waals surface area contributed by atoms with Crippen LogP contribution in [-0.4, -0.2) is 56.5 Å². The lowest BCUT2D eigenvalue weighted by Gasteiger charge is -2.39. The zero-order valence-electron chi connectivity index (χ0n) is 15.2. The molecule has 2 aliphatic heterocycles. The SMILES string of the molecule is Cc1cc(C)c2c(NC3CCN(C4CCSCC4)CC3)ncnc2n1. The number of hydrogen-bond acceptors (Lipinski definition) is 6. The second kappa shape index (κ2) is 7.46. The van der Waals surface area contributed by atoms with E-state index in [1.165, 1.54) is 55.8 Å². The highest BCUT2D eigenvalue weighted by atomic mass is 32.2. The molecular weight excluding hydrogens is 330 g/mol. The first-order valence-corrected chi connectivity index (χ1v) is 10.5. The molecule has 0 aromatic carbocycles. The molecule has 0 aliphatic carbocycles. The van der Waals surface area contributed by atoms with E-state index < -0.39 is 0 Å². The Morgan fingerprint density at radius 1 is 1.08 bits per heavy atom. The maximum absolute atomic E-state index is 4.56. The fourth-order valence-corrected chi connectivity index (χ4v) is 5.25. The van der Waals surface area contributed by atoms with Gasteiger partial charge in [-0.2, -0.15) is 11.8 Å². The van der Waals surface area contributed by atoms with Gasteiger partial charge in [0.05, 0.1) is 5.39 Å². The van der Waals surface area contributed by atoms with Crippen LogP contribution in [0.15, 0.2) is 12.4 Å². The first-order chi connectivity index (χ1) is 12.2. The summed E-state index contributed by atoms with van der Waals surface area (Å²) in [5.41, 5.74) is 3.00. The van der Waals surface area contributed by atoms with E-state index in [4.69, 9.17) is 0 Å². The summed E-state index contributed by atoms with van der Waals surface area (Å²) in [5, 5.41) is 4.76. The molecule has 4 rings (SSSR count). The van der Waals surface area contributed by atoms with Crippen LogP contribution >= 0.6 is 11.8 Å². The molecule has 0 atom stereocenters. The minimum Gasteiger partial charge on any atom is -0.367 e. The number of likely N-dealkylation sites (tertiary alicyclic amines) is 1. The van der Waals surface area contributed by atoms with Crippen molar-refractivity contribution in [2.45, 2.75) is 51.6 Å². The highest BCUT2D eigenvalue weighted by molar-refractivity contribution is 7.99. The van der Waals surface area contributed by atoms with Crippen LogP contribution in [0.2, 0.25) is 0 Å². The lowest BCUT2D eigenvalue weighted by Crippen LogP contribution is -2.45. The van der Waals surface area contributed by atoms with Crippen molar-refractivity contribution in [3.63, 3.8) is 0 Å². The summed E-state index contributed by atoms with van der Waals surface area (Å²) in [6, 6.07) is 3.42. The number of aromatic nitrogens is 3. The van der Waals surface area contributed by atoms with Gasteiger partial charge >= 0.3 is 0 Å². The maximum atomic E-state index is 4.56. The van der Waals surface area contributed by atoms with Crippen molar-refractivity contribution in [3.05, 3.63) is 23.7 Å². The molecule has 2 aromatic rings. The van der Waals surface area contributed by atoms with Gasteiger partial charge in [0.25, 0.3) is 0 Å². The minimum absolute atomic E-state index is 0.494. The van der Waals surface area contributed by atoms with E-state index in [1.54, 1.807) is 6.33 Å². The third kappa shape index (κ3) is 3.75. The van der Waals surface area contributed by atoms with Crippen LogP contribution in [0.25, 0.3) is 11.0 Å². The number of aryl methyl sites for hydroxylation is 2. The topological polar surface area (TPSA) is 53.9 Å². The molecule has 0 unspecified atom stereocenters. The van der Waals surface area contributed by atoms with Crippen LogP contribution in [-0.2, 0) is 0 Å². The Labute approximate surface area is 154 Å². The van der Waals surface area contributed by atoms with Gasteiger partial charge in [0.2, 0.25) is 0 Å². The Hall–Kier alpha value is -1.40. The quantitative estimate of drug-likeness (QED) is 0.908. The molecule has 25 heavy (non-hydrogen) atoms. The van der Waals surface area contributed by atoms with E-state index in [2.05, 4.69) is 49.9 Å². The predicted octanol–water partition coefficient (Wildman–Crippen LogP) is 3.41. The number of hydrogen-bond donors (Lipinski definition) is 1. The molecule has 2 aliphatic rings. The van der Waals surface area contributed by atoms with Crippen molar-refractivity contribution in [1.82, 2.24) is 19.9 Å². The number of rotatable bonds is 3. The van der Waals surface area contributed by atoms with E-state index in [0.29, 0.717) is 6.04 Å². The van der Waals surface area contributed by atoms with Gasteiger partial charge in [0.1, 0.15) is 12.1 Å². The van der Waals surface area contributed by atoms with E-state index in [-0.39, 0.29) is 0 Å².